The minimum absolute atomic E-state index is 0.149. The van der Waals surface area contributed by atoms with Crippen molar-refractivity contribution in [3.63, 3.8) is 0 Å². The van der Waals surface area contributed by atoms with Crippen molar-refractivity contribution < 1.29 is 4.74 Å². The molecule has 0 radical (unpaired) electrons. The van der Waals surface area contributed by atoms with E-state index in [1.807, 2.05) is 0 Å². The Balaban J connectivity index is 1.75. The highest BCUT2D eigenvalue weighted by Crippen LogP contribution is 2.43. The number of aromatic nitrogens is 1. The Morgan fingerprint density at radius 2 is 2.30 bits per heavy atom. The number of likely N-dealkylation sites (N-methyl/N-ethyl adjacent to an activating group) is 1. The van der Waals surface area contributed by atoms with Gasteiger partial charge in [0, 0.05) is 31.1 Å². The summed E-state index contributed by atoms with van der Waals surface area (Å²) in [6.45, 7) is 6.41. The number of anilines is 1. The molecule has 1 aliphatic heterocycles. The summed E-state index contributed by atoms with van der Waals surface area (Å²) in [5, 5.41) is 1.10. The van der Waals surface area contributed by atoms with Crippen LogP contribution in [0.3, 0.4) is 0 Å². The second-order valence-electron chi connectivity index (χ2n) is 6.97. The molecule has 3 rings (SSSR count). The van der Waals surface area contributed by atoms with E-state index in [4.69, 9.17) is 15.5 Å². The van der Waals surface area contributed by atoms with Gasteiger partial charge in [0.25, 0.3) is 0 Å². The van der Waals surface area contributed by atoms with E-state index in [2.05, 4.69) is 25.8 Å². The van der Waals surface area contributed by atoms with Crippen LogP contribution >= 0.6 is 11.3 Å². The molecule has 112 valence electrons. The molecule has 5 heteroatoms. The molecule has 1 fully saturated rings. The normalized spacial score (nSPS) is 28.4. The van der Waals surface area contributed by atoms with Crippen LogP contribution in [0.1, 0.15) is 49.7 Å². The third kappa shape index (κ3) is 2.85. The molecule has 1 aromatic heterocycles. The van der Waals surface area contributed by atoms with Gasteiger partial charge in [0.2, 0.25) is 0 Å². The first-order valence-corrected chi connectivity index (χ1v) is 8.34. The number of nitrogens with zero attached hydrogens (tertiary/aromatic N) is 2. The number of rotatable bonds is 3. The number of nitrogens with two attached hydrogens (primary N) is 1. The van der Waals surface area contributed by atoms with Gasteiger partial charge in [-0.3, -0.25) is 0 Å². The second-order valence-corrected chi connectivity index (χ2v) is 7.98. The monoisotopic (exact) mass is 295 g/mol. The highest BCUT2D eigenvalue weighted by molar-refractivity contribution is 7.15. The number of hydrogen-bond acceptors (Lipinski definition) is 5. The van der Waals surface area contributed by atoms with Crippen LogP contribution in [0.4, 0.5) is 5.13 Å². The zero-order valence-corrected chi connectivity index (χ0v) is 13.5. The largest absolute Gasteiger partial charge is 0.376 e. The van der Waals surface area contributed by atoms with E-state index in [0.29, 0.717) is 6.10 Å². The molecule has 0 amide bonds. The highest BCUT2D eigenvalue weighted by atomic mass is 32.1. The molecule has 2 aliphatic rings. The molecule has 2 atom stereocenters. The first-order chi connectivity index (χ1) is 9.44. The highest BCUT2D eigenvalue weighted by Gasteiger charge is 2.33. The lowest BCUT2D eigenvalue weighted by Gasteiger charge is -2.32. The summed E-state index contributed by atoms with van der Waals surface area (Å²) >= 11 is 1.77. The van der Waals surface area contributed by atoms with Gasteiger partial charge >= 0.3 is 0 Å². The van der Waals surface area contributed by atoms with Crippen molar-refractivity contribution in [2.45, 2.75) is 51.7 Å². The quantitative estimate of drug-likeness (QED) is 0.931. The third-order valence-corrected chi connectivity index (χ3v) is 5.64. The van der Waals surface area contributed by atoms with Gasteiger partial charge < -0.3 is 15.4 Å². The van der Waals surface area contributed by atoms with Crippen molar-refractivity contribution in [2.75, 3.05) is 25.1 Å². The van der Waals surface area contributed by atoms with Gasteiger partial charge in [0.1, 0.15) is 0 Å². The van der Waals surface area contributed by atoms with Crippen molar-refractivity contribution in [3.8, 4) is 0 Å². The molecule has 2 heterocycles. The van der Waals surface area contributed by atoms with E-state index in [0.717, 1.165) is 31.1 Å². The SMILES string of the molecule is CN(CC1CCCO1)c1nc2c(s1)C(N)CC(C)(C)C2. The number of hydrogen-bond donors (Lipinski definition) is 1. The maximum atomic E-state index is 6.33. The number of ether oxygens (including phenoxy) is 1. The topological polar surface area (TPSA) is 51.4 Å². The third-order valence-electron chi connectivity index (χ3n) is 4.30. The fourth-order valence-corrected chi connectivity index (χ4v) is 4.37. The summed E-state index contributed by atoms with van der Waals surface area (Å²) in [6.07, 6.45) is 4.82. The Morgan fingerprint density at radius 3 is 3.00 bits per heavy atom. The van der Waals surface area contributed by atoms with E-state index >= 15 is 0 Å². The number of fused-ring (bicyclic) bond motifs is 1. The van der Waals surface area contributed by atoms with Gasteiger partial charge in [0.05, 0.1) is 11.8 Å². The van der Waals surface area contributed by atoms with E-state index in [1.165, 1.54) is 23.4 Å². The Bertz CT molecular complexity index is 479. The lowest BCUT2D eigenvalue weighted by Crippen LogP contribution is -2.29. The average Bonchev–Trinajstić information content (AvgIpc) is 2.96. The van der Waals surface area contributed by atoms with Crippen molar-refractivity contribution in [1.82, 2.24) is 4.98 Å². The van der Waals surface area contributed by atoms with Crippen LogP contribution in [-0.4, -0.2) is 31.3 Å². The fourth-order valence-electron chi connectivity index (χ4n) is 3.32. The van der Waals surface area contributed by atoms with Gasteiger partial charge in [-0.1, -0.05) is 13.8 Å². The van der Waals surface area contributed by atoms with Crippen molar-refractivity contribution in [3.05, 3.63) is 10.6 Å². The van der Waals surface area contributed by atoms with Crippen LogP contribution in [0.15, 0.2) is 0 Å². The Kier molecular flexibility index (Phi) is 3.77. The van der Waals surface area contributed by atoms with Crippen molar-refractivity contribution in [1.29, 1.82) is 0 Å². The van der Waals surface area contributed by atoms with E-state index in [-0.39, 0.29) is 11.5 Å². The van der Waals surface area contributed by atoms with Crippen molar-refractivity contribution in [2.24, 2.45) is 11.1 Å². The van der Waals surface area contributed by atoms with Gasteiger partial charge in [-0.05, 0) is 31.1 Å². The van der Waals surface area contributed by atoms with Gasteiger partial charge in [0.15, 0.2) is 5.13 Å². The summed E-state index contributed by atoms with van der Waals surface area (Å²) in [4.78, 5) is 8.37. The van der Waals surface area contributed by atoms with Gasteiger partial charge in [-0.25, -0.2) is 4.98 Å². The first kappa shape index (κ1) is 14.3. The smallest absolute Gasteiger partial charge is 0.185 e. The lowest BCUT2D eigenvalue weighted by molar-refractivity contribution is 0.116. The average molecular weight is 295 g/mol. The molecule has 0 aromatic carbocycles. The van der Waals surface area contributed by atoms with E-state index in [1.54, 1.807) is 11.3 Å². The Hall–Kier alpha value is -0.650. The van der Waals surface area contributed by atoms with Gasteiger partial charge in [-0.2, -0.15) is 0 Å². The minimum atomic E-state index is 0.149. The molecule has 1 saturated heterocycles. The lowest BCUT2D eigenvalue weighted by atomic mass is 9.77. The van der Waals surface area contributed by atoms with Crippen molar-refractivity contribution >= 4 is 16.5 Å². The maximum absolute atomic E-state index is 6.33. The minimum Gasteiger partial charge on any atom is -0.376 e. The van der Waals surface area contributed by atoms with Crippen LogP contribution in [0.5, 0.6) is 0 Å². The van der Waals surface area contributed by atoms with Crippen LogP contribution in [0, 0.1) is 5.41 Å². The van der Waals surface area contributed by atoms with Crippen LogP contribution < -0.4 is 10.6 Å². The summed E-state index contributed by atoms with van der Waals surface area (Å²) in [5.74, 6) is 0. The molecular formula is C15H25N3OS. The summed E-state index contributed by atoms with van der Waals surface area (Å²) in [6, 6.07) is 0.149. The standard InChI is InChI=1S/C15H25N3OS/c1-15(2)7-11(16)13-12(8-15)17-14(20-13)18(3)9-10-5-4-6-19-10/h10-11H,4-9,16H2,1-3H3. The molecule has 1 aliphatic carbocycles. The zero-order valence-electron chi connectivity index (χ0n) is 12.7. The molecule has 2 unspecified atom stereocenters. The Labute approximate surface area is 125 Å². The van der Waals surface area contributed by atoms with E-state index < -0.39 is 0 Å². The summed E-state index contributed by atoms with van der Waals surface area (Å²) in [7, 11) is 2.11. The molecular weight excluding hydrogens is 270 g/mol. The second kappa shape index (κ2) is 5.28. The number of thiazole rings is 1. The molecule has 20 heavy (non-hydrogen) atoms. The van der Waals surface area contributed by atoms with Crippen LogP contribution in [0.2, 0.25) is 0 Å². The molecule has 4 nitrogen and oxygen atoms in total. The summed E-state index contributed by atoms with van der Waals surface area (Å²) < 4.78 is 5.71. The molecule has 0 bridgehead atoms. The van der Waals surface area contributed by atoms with Crippen LogP contribution in [-0.2, 0) is 11.2 Å². The summed E-state index contributed by atoms with van der Waals surface area (Å²) in [5.41, 5.74) is 7.81. The van der Waals surface area contributed by atoms with E-state index in [9.17, 15) is 0 Å². The maximum Gasteiger partial charge on any atom is 0.185 e. The zero-order chi connectivity index (χ0) is 14.3. The molecule has 0 saturated carbocycles. The fraction of sp³-hybridized carbons (Fsp3) is 0.800. The molecule has 2 N–H and O–H groups in total. The predicted octanol–water partition coefficient (Wildman–Crippen LogP) is 2.73. The van der Waals surface area contributed by atoms with Crippen LogP contribution in [0.25, 0.3) is 0 Å². The predicted molar refractivity (Wildman–Crippen MR) is 83.4 cm³/mol. The molecule has 0 spiro atoms. The Morgan fingerprint density at radius 1 is 1.50 bits per heavy atom. The van der Waals surface area contributed by atoms with Gasteiger partial charge in [-0.15, -0.1) is 11.3 Å². The molecule has 1 aromatic rings. The first-order valence-electron chi connectivity index (χ1n) is 7.52.